The first-order valence-corrected chi connectivity index (χ1v) is 8.91. The summed E-state index contributed by atoms with van der Waals surface area (Å²) in [4.78, 5) is 30.5. The van der Waals surface area contributed by atoms with Gasteiger partial charge in [0.05, 0.1) is 0 Å². The van der Waals surface area contributed by atoms with E-state index in [0.717, 1.165) is 0 Å². The molecular weight excluding hydrogens is 363 g/mol. The number of aromatic nitrogens is 1. The number of imide groups is 1. The zero-order valence-electron chi connectivity index (χ0n) is 17.7. The van der Waals surface area contributed by atoms with E-state index in [9.17, 15) is 19.6 Å². The van der Waals surface area contributed by atoms with Gasteiger partial charge in [-0.1, -0.05) is 6.08 Å². The maximum absolute atomic E-state index is 12.8. The second kappa shape index (κ2) is 8.75. The Labute approximate surface area is 166 Å². The third-order valence-corrected chi connectivity index (χ3v) is 3.41. The Morgan fingerprint density at radius 1 is 1.07 bits per heavy atom. The molecule has 0 atom stereocenters. The number of carbonyl (C=O) groups is 2. The molecule has 2 N–H and O–H groups in total. The number of anilines is 1. The number of allylic oxidation sites excluding steroid dienone is 2. The van der Waals surface area contributed by atoms with E-state index in [0.29, 0.717) is 16.0 Å². The lowest BCUT2D eigenvalue weighted by molar-refractivity contribution is 0.0429. The Kier molecular flexibility index (Phi) is 7.39. The molecule has 1 aromatic rings. The fraction of sp³-hybridized carbons (Fsp3) is 0.526. The molecule has 0 radical (unpaired) electrons. The van der Waals surface area contributed by atoms with Crippen LogP contribution in [0, 0.1) is 0 Å². The molecule has 0 aromatic carbocycles. The van der Waals surface area contributed by atoms with Gasteiger partial charge in [-0.25, -0.2) is 14.6 Å². The topological polar surface area (TPSA) is 109 Å². The van der Waals surface area contributed by atoms with Crippen LogP contribution in [0.25, 0.3) is 5.57 Å². The first-order chi connectivity index (χ1) is 12.7. The molecule has 2 amide bonds. The quantitative estimate of drug-likeness (QED) is 0.762. The minimum absolute atomic E-state index is 0.0245. The summed E-state index contributed by atoms with van der Waals surface area (Å²) in [5.74, 6) is -0.0245. The largest absolute Gasteiger partial charge is 0.490 e. The summed E-state index contributed by atoms with van der Waals surface area (Å²) in [7, 11) is -1.75. The first kappa shape index (κ1) is 23.7. The molecule has 0 unspecified atom stereocenters. The molecule has 28 heavy (non-hydrogen) atoms. The van der Waals surface area contributed by atoms with Crippen molar-refractivity contribution in [2.75, 3.05) is 4.90 Å². The molecule has 0 saturated heterocycles. The summed E-state index contributed by atoms with van der Waals surface area (Å²) in [5.41, 5.74) is -0.553. The average molecular weight is 392 g/mol. The predicted molar refractivity (Wildman–Crippen MR) is 108 cm³/mol. The molecule has 8 nitrogen and oxygen atoms in total. The van der Waals surface area contributed by atoms with Crippen LogP contribution in [0.4, 0.5) is 15.4 Å². The second-order valence-electron chi connectivity index (χ2n) is 8.28. The highest BCUT2D eigenvalue weighted by Crippen LogP contribution is 2.27. The van der Waals surface area contributed by atoms with Crippen LogP contribution in [0.1, 0.15) is 61.0 Å². The van der Waals surface area contributed by atoms with Gasteiger partial charge in [-0.15, -0.1) is 0 Å². The number of hydrogen-bond donors (Lipinski definition) is 2. The van der Waals surface area contributed by atoms with E-state index < -0.39 is 30.5 Å². The molecule has 0 aliphatic heterocycles. The smallest absolute Gasteiger partial charge is 0.443 e. The van der Waals surface area contributed by atoms with Gasteiger partial charge in [-0.2, -0.15) is 4.90 Å². The number of amides is 2. The van der Waals surface area contributed by atoms with Crippen LogP contribution in [-0.4, -0.2) is 45.5 Å². The molecule has 0 aliphatic rings. The zero-order valence-corrected chi connectivity index (χ0v) is 17.7. The van der Waals surface area contributed by atoms with Crippen molar-refractivity contribution in [3.05, 3.63) is 23.9 Å². The summed E-state index contributed by atoms with van der Waals surface area (Å²) in [5, 5.41) is 18.9. The van der Waals surface area contributed by atoms with E-state index >= 15 is 0 Å². The minimum atomic E-state index is -1.75. The van der Waals surface area contributed by atoms with Gasteiger partial charge in [0.15, 0.2) is 5.82 Å². The molecule has 0 fully saturated rings. The molecule has 0 bridgehead atoms. The zero-order chi connectivity index (χ0) is 21.9. The average Bonchev–Trinajstić information content (AvgIpc) is 2.50. The van der Waals surface area contributed by atoms with E-state index in [1.807, 2.05) is 0 Å². The van der Waals surface area contributed by atoms with Gasteiger partial charge < -0.3 is 19.5 Å². The Hall–Kier alpha value is -2.39. The minimum Gasteiger partial charge on any atom is -0.443 e. The van der Waals surface area contributed by atoms with Crippen molar-refractivity contribution in [3.63, 3.8) is 0 Å². The lowest BCUT2D eigenvalue weighted by atomic mass is 9.80. The molecule has 154 valence electrons. The third-order valence-electron chi connectivity index (χ3n) is 3.41. The Morgan fingerprint density at radius 2 is 1.54 bits per heavy atom. The highest BCUT2D eigenvalue weighted by molar-refractivity contribution is 6.58. The van der Waals surface area contributed by atoms with Crippen LogP contribution in [-0.2, 0) is 9.47 Å². The van der Waals surface area contributed by atoms with Gasteiger partial charge in [0.25, 0.3) is 0 Å². The van der Waals surface area contributed by atoms with Crippen LogP contribution in [0.15, 0.2) is 18.3 Å². The highest BCUT2D eigenvalue weighted by atomic mass is 16.6. The highest BCUT2D eigenvalue weighted by Gasteiger charge is 2.35. The van der Waals surface area contributed by atoms with Gasteiger partial charge in [0, 0.05) is 17.2 Å². The number of rotatable bonds is 3. The van der Waals surface area contributed by atoms with Crippen molar-refractivity contribution in [2.24, 2.45) is 0 Å². The summed E-state index contributed by atoms with van der Waals surface area (Å²) < 4.78 is 10.7. The maximum atomic E-state index is 12.8. The van der Waals surface area contributed by atoms with E-state index in [1.165, 1.54) is 12.3 Å². The van der Waals surface area contributed by atoms with Crippen LogP contribution in [0.5, 0.6) is 0 Å². The molecule has 0 aliphatic carbocycles. The van der Waals surface area contributed by atoms with Crippen LogP contribution >= 0.6 is 0 Å². The van der Waals surface area contributed by atoms with E-state index in [4.69, 9.17) is 9.47 Å². The summed E-state index contributed by atoms with van der Waals surface area (Å²) >= 11 is 0. The number of carbonyl (C=O) groups excluding carboxylic acids is 2. The molecular formula is C19H29BN2O6. The van der Waals surface area contributed by atoms with Gasteiger partial charge in [-0.05, 0) is 67.0 Å². The predicted octanol–water partition coefficient (Wildman–Crippen LogP) is 2.86. The normalized spacial score (nSPS) is 12.4. The molecule has 0 saturated carbocycles. The van der Waals surface area contributed by atoms with Gasteiger partial charge in [0.1, 0.15) is 11.2 Å². The fourth-order valence-electron chi connectivity index (χ4n) is 2.10. The molecule has 1 rings (SSSR count). The van der Waals surface area contributed by atoms with Crippen molar-refractivity contribution >= 4 is 36.2 Å². The SMILES string of the molecule is C/C=C(\C)c1cc(B(O)O)cnc1N(C(=O)OC(C)(C)C)C(=O)OC(C)(C)C. The lowest BCUT2D eigenvalue weighted by Gasteiger charge is -2.29. The number of pyridine rings is 1. The van der Waals surface area contributed by atoms with E-state index in [1.54, 1.807) is 61.5 Å². The Bertz CT molecular complexity index is 735. The van der Waals surface area contributed by atoms with Crippen LogP contribution in [0.2, 0.25) is 0 Å². The third kappa shape index (κ3) is 6.65. The van der Waals surface area contributed by atoms with Gasteiger partial charge in [0.2, 0.25) is 0 Å². The Morgan fingerprint density at radius 3 is 1.89 bits per heavy atom. The standard InChI is InChI=1S/C19H29BN2O6/c1-9-12(2)14-10-13(20(25)26)11-21-15(14)22(16(23)27-18(3,4)5)17(24)28-19(6,7)8/h9-11,25-26H,1-8H3/b12-9+. The van der Waals surface area contributed by atoms with Crippen molar-refractivity contribution in [2.45, 2.75) is 66.6 Å². The number of nitrogens with zero attached hydrogens (tertiary/aromatic N) is 2. The molecule has 1 aromatic heterocycles. The van der Waals surface area contributed by atoms with Crippen molar-refractivity contribution in [3.8, 4) is 0 Å². The summed E-state index contributed by atoms with van der Waals surface area (Å²) in [6, 6.07) is 1.45. The van der Waals surface area contributed by atoms with E-state index in [-0.39, 0.29) is 11.3 Å². The van der Waals surface area contributed by atoms with Gasteiger partial charge >= 0.3 is 19.3 Å². The molecule has 9 heteroatoms. The lowest BCUT2D eigenvalue weighted by Crippen LogP contribution is -2.45. The fourth-order valence-corrected chi connectivity index (χ4v) is 2.10. The second-order valence-corrected chi connectivity index (χ2v) is 8.28. The molecule has 1 heterocycles. The van der Waals surface area contributed by atoms with E-state index in [2.05, 4.69) is 4.98 Å². The number of hydrogen-bond acceptors (Lipinski definition) is 7. The number of ether oxygens (including phenoxy) is 2. The van der Waals surface area contributed by atoms with Gasteiger partial charge in [-0.3, -0.25) is 0 Å². The molecule has 0 spiro atoms. The van der Waals surface area contributed by atoms with Crippen molar-refractivity contribution in [1.82, 2.24) is 4.98 Å². The summed E-state index contributed by atoms with van der Waals surface area (Å²) in [6.07, 6.45) is 1.03. The maximum Gasteiger partial charge on any atom is 0.490 e. The monoisotopic (exact) mass is 392 g/mol. The van der Waals surface area contributed by atoms with Crippen molar-refractivity contribution < 1.29 is 29.1 Å². The van der Waals surface area contributed by atoms with Crippen molar-refractivity contribution in [1.29, 1.82) is 0 Å². The first-order valence-electron chi connectivity index (χ1n) is 8.91. The Balaban J connectivity index is 3.60. The van der Waals surface area contributed by atoms with Crippen LogP contribution < -0.4 is 10.4 Å². The summed E-state index contributed by atoms with van der Waals surface area (Å²) in [6.45, 7) is 13.6. The van der Waals surface area contributed by atoms with Crippen LogP contribution in [0.3, 0.4) is 0 Å².